The summed E-state index contributed by atoms with van der Waals surface area (Å²) in [6, 6.07) is 8.98. The molecule has 0 amide bonds. The summed E-state index contributed by atoms with van der Waals surface area (Å²) in [5.74, 6) is 1.22. The first-order valence-electron chi connectivity index (χ1n) is 7.80. The van der Waals surface area contributed by atoms with Crippen molar-refractivity contribution in [2.45, 2.75) is 32.8 Å². The Morgan fingerprint density at radius 3 is 2.70 bits per heavy atom. The van der Waals surface area contributed by atoms with Gasteiger partial charge in [-0.1, -0.05) is 19.8 Å². The zero-order valence-corrected chi connectivity index (χ0v) is 13.6. The number of hydrogen-bond donors (Lipinski definition) is 2. The third-order valence-electron chi connectivity index (χ3n) is 3.22. The zero-order chi connectivity index (χ0) is 16.5. The van der Waals surface area contributed by atoms with Crippen molar-refractivity contribution in [3.8, 4) is 5.75 Å². The van der Waals surface area contributed by atoms with Gasteiger partial charge in [-0.2, -0.15) is 0 Å². The fourth-order valence-corrected chi connectivity index (χ4v) is 2.10. The second-order valence-electron chi connectivity index (χ2n) is 5.22. The van der Waals surface area contributed by atoms with Gasteiger partial charge in [-0.3, -0.25) is 9.78 Å². The molecule has 0 saturated heterocycles. The summed E-state index contributed by atoms with van der Waals surface area (Å²) in [5, 5.41) is 3.07. The van der Waals surface area contributed by atoms with Gasteiger partial charge in [0.1, 0.15) is 5.75 Å². The first kappa shape index (κ1) is 17.0. The van der Waals surface area contributed by atoms with E-state index in [-0.39, 0.29) is 5.56 Å². The van der Waals surface area contributed by atoms with Crippen LogP contribution in [0.4, 0.5) is 11.6 Å². The Bertz CT molecular complexity index is 653. The number of anilines is 2. The second kappa shape index (κ2) is 8.95. The Morgan fingerprint density at radius 2 is 2.00 bits per heavy atom. The maximum Gasteiger partial charge on any atom is 0.252 e. The van der Waals surface area contributed by atoms with Crippen LogP contribution in [0.1, 0.15) is 31.9 Å². The van der Waals surface area contributed by atoms with Gasteiger partial charge in [0, 0.05) is 18.9 Å². The first-order chi connectivity index (χ1) is 11.2. The number of unbranched alkanes of at least 4 members (excludes halogenated alkanes) is 2. The van der Waals surface area contributed by atoms with E-state index in [1.165, 1.54) is 18.9 Å². The van der Waals surface area contributed by atoms with E-state index in [1.54, 1.807) is 7.11 Å². The fourth-order valence-electron chi connectivity index (χ4n) is 2.10. The topological polar surface area (TPSA) is 76.2 Å². The van der Waals surface area contributed by atoms with Crippen LogP contribution in [0.5, 0.6) is 5.75 Å². The fraction of sp³-hybridized carbons (Fsp3) is 0.412. The van der Waals surface area contributed by atoms with Crippen LogP contribution in [0.2, 0.25) is 0 Å². The summed E-state index contributed by atoms with van der Waals surface area (Å²) >= 11 is 0. The summed E-state index contributed by atoms with van der Waals surface area (Å²) in [6.45, 7) is 3.19. The summed E-state index contributed by atoms with van der Waals surface area (Å²) in [5.41, 5.74) is 1.18. The smallest absolute Gasteiger partial charge is 0.252 e. The van der Waals surface area contributed by atoms with Crippen molar-refractivity contribution < 1.29 is 9.47 Å². The van der Waals surface area contributed by atoms with E-state index >= 15 is 0 Å². The van der Waals surface area contributed by atoms with Crippen molar-refractivity contribution in [1.29, 1.82) is 0 Å². The van der Waals surface area contributed by atoms with Crippen LogP contribution in [0.25, 0.3) is 0 Å². The molecule has 0 aliphatic heterocycles. The number of H-pyrrole nitrogens is 1. The third-order valence-corrected chi connectivity index (χ3v) is 3.22. The predicted octanol–water partition coefficient (Wildman–Crippen LogP) is 3.23. The molecule has 2 aromatic rings. The Kier molecular flexibility index (Phi) is 6.62. The normalized spacial score (nSPS) is 10.5. The Hall–Kier alpha value is -2.34. The van der Waals surface area contributed by atoms with Crippen LogP contribution in [0.3, 0.4) is 0 Å². The molecular formula is C17H23N3O3. The van der Waals surface area contributed by atoms with Crippen LogP contribution >= 0.6 is 0 Å². The predicted molar refractivity (Wildman–Crippen MR) is 90.3 cm³/mol. The molecule has 0 atom stereocenters. The highest BCUT2D eigenvalue weighted by Gasteiger charge is 2.02. The molecular weight excluding hydrogens is 294 g/mol. The minimum atomic E-state index is -0.217. The van der Waals surface area contributed by atoms with Crippen molar-refractivity contribution in [1.82, 2.24) is 9.97 Å². The van der Waals surface area contributed by atoms with Crippen LogP contribution in [-0.4, -0.2) is 23.7 Å². The summed E-state index contributed by atoms with van der Waals surface area (Å²) in [6.07, 6.45) is 3.42. The van der Waals surface area contributed by atoms with Gasteiger partial charge in [0.15, 0.2) is 0 Å². The number of aromatic amines is 1. The number of nitrogens with one attached hydrogen (secondary N) is 2. The van der Waals surface area contributed by atoms with Crippen molar-refractivity contribution in [2.24, 2.45) is 0 Å². The minimum absolute atomic E-state index is 0.217. The van der Waals surface area contributed by atoms with Crippen LogP contribution in [0.15, 0.2) is 35.1 Å². The number of methoxy groups -OCH3 is 1. The number of hydrogen-bond acceptors (Lipinski definition) is 5. The van der Waals surface area contributed by atoms with E-state index in [1.807, 2.05) is 24.3 Å². The molecule has 23 heavy (non-hydrogen) atoms. The standard InChI is InChI=1S/C17H23N3O3/c1-3-4-5-10-23-15-8-6-13(7-9-15)18-17-19-14(12-22-2)11-16(21)20-17/h6-9,11H,3-5,10,12H2,1-2H3,(H2,18,19,20,21). The Labute approximate surface area is 135 Å². The van der Waals surface area contributed by atoms with Gasteiger partial charge in [0.05, 0.1) is 18.9 Å². The monoisotopic (exact) mass is 317 g/mol. The molecule has 0 aliphatic carbocycles. The SMILES string of the molecule is CCCCCOc1ccc(Nc2nc(COC)cc(=O)[nH]2)cc1. The molecule has 0 bridgehead atoms. The van der Waals surface area contributed by atoms with E-state index < -0.39 is 0 Å². The molecule has 1 heterocycles. The van der Waals surface area contributed by atoms with Gasteiger partial charge in [0.25, 0.3) is 5.56 Å². The lowest BCUT2D eigenvalue weighted by atomic mass is 10.2. The van der Waals surface area contributed by atoms with Crippen LogP contribution in [0, 0.1) is 0 Å². The summed E-state index contributed by atoms with van der Waals surface area (Å²) in [4.78, 5) is 18.5. The molecule has 2 rings (SSSR count). The lowest BCUT2D eigenvalue weighted by Gasteiger charge is -2.09. The molecule has 2 N–H and O–H groups in total. The van der Waals surface area contributed by atoms with Gasteiger partial charge in [-0.25, -0.2) is 4.98 Å². The average molecular weight is 317 g/mol. The van der Waals surface area contributed by atoms with E-state index in [0.717, 1.165) is 24.5 Å². The largest absolute Gasteiger partial charge is 0.494 e. The van der Waals surface area contributed by atoms with E-state index in [2.05, 4.69) is 22.2 Å². The molecule has 6 nitrogen and oxygen atoms in total. The van der Waals surface area contributed by atoms with Gasteiger partial charge in [-0.15, -0.1) is 0 Å². The number of benzene rings is 1. The number of aromatic nitrogens is 2. The van der Waals surface area contributed by atoms with Gasteiger partial charge < -0.3 is 14.8 Å². The zero-order valence-electron chi connectivity index (χ0n) is 13.6. The van der Waals surface area contributed by atoms with Gasteiger partial charge >= 0.3 is 0 Å². The average Bonchev–Trinajstić information content (AvgIpc) is 2.53. The number of rotatable bonds is 9. The lowest BCUT2D eigenvalue weighted by Crippen LogP contribution is -2.12. The molecule has 6 heteroatoms. The van der Waals surface area contributed by atoms with Crippen molar-refractivity contribution in [2.75, 3.05) is 19.0 Å². The molecule has 0 aliphatic rings. The van der Waals surface area contributed by atoms with Crippen LogP contribution < -0.4 is 15.6 Å². The number of nitrogens with zero attached hydrogens (tertiary/aromatic N) is 1. The highest BCUT2D eigenvalue weighted by molar-refractivity contribution is 5.54. The Balaban J connectivity index is 1.96. The molecule has 0 radical (unpaired) electrons. The maximum absolute atomic E-state index is 11.6. The minimum Gasteiger partial charge on any atom is -0.494 e. The molecule has 0 fully saturated rings. The van der Waals surface area contributed by atoms with E-state index in [9.17, 15) is 4.79 Å². The maximum atomic E-state index is 11.6. The lowest BCUT2D eigenvalue weighted by molar-refractivity contribution is 0.181. The molecule has 0 saturated carbocycles. The quantitative estimate of drug-likeness (QED) is 0.694. The highest BCUT2D eigenvalue weighted by atomic mass is 16.5. The van der Waals surface area contributed by atoms with Crippen LogP contribution in [-0.2, 0) is 11.3 Å². The molecule has 1 aromatic heterocycles. The van der Waals surface area contributed by atoms with Gasteiger partial charge in [0.2, 0.25) is 5.95 Å². The molecule has 124 valence electrons. The van der Waals surface area contributed by atoms with E-state index in [4.69, 9.17) is 9.47 Å². The third kappa shape index (κ3) is 5.75. The molecule has 1 aromatic carbocycles. The van der Waals surface area contributed by atoms with Crippen molar-refractivity contribution in [3.63, 3.8) is 0 Å². The molecule has 0 unspecified atom stereocenters. The van der Waals surface area contributed by atoms with Gasteiger partial charge in [-0.05, 0) is 30.7 Å². The van der Waals surface area contributed by atoms with E-state index in [0.29, 0.717) is 18.2 Å². The summed E-state index contributed by atoms with van der Waals surface area (Å²) < 4.78 is 10.7. The van der Waals surface area contributed by atoms with Crippen molar-refractivity contribution >= 4 is 11.6 Å². The number of ether oxygens (including phenoxy) is 2. The highest BCUT2D eigenvalue weighted by Crippen LogP contribution is 2.18. The Morgan fingerprint density at radius 1 is 1.22 bits per heavy atom. The summed E-state index contributed by atoms with van der Waals surface area (Å²) in [7, 11) is 1.56. The first-order valence-corrected chi connectivity index (χ1v) is 7.80. The molecule has 0 spiro atoms. The van der Waals surface area contributed by atoms with Crippen molar-refractivity contribution in [3.05, 3.63) is 46.4 Å². The second-order valence-corrected chi connectivity index (χ2v) is 5.22.